The van der Waals surface area contributed by atoms with E-state index in [1.165, 1.54) is 0 Å². The minimum atomic E-state index is -5.46. The highest BCUT2D eigenvalue weighted by Gasteiger charge is 2.52. The number of aromatic nitrogens is 6. The molecule has 0 aliphatic carbocycles. The first-order chi connectivity index (χ1) is 22.8. The Bertz CT molecular complexity index is 2080. The number of hydrogen-bond donors (Lipinski definition) is 4. The second-order valence-electron chi connectivity index (χ2n) is 10.8. The normalized spacial score (nSPS) is 34.4. The molecule has 1 aromatic carbocycles. The Labute approximate surface area is 284 Å². The summed E-state index contributed by atoms with van der Waals surface area (Å²) < 4.78 is 78.6. The quantitative estimate of drug-likeness (QED) is 0.209. The van der Waals surface area contributed by atoms with E-state index < -0.39 is 88.2 Å². The number of nitrogen functional groups attached to an aromatic ring is 1. The monoisotopic (exact) mass is 765 g/mol. The number of H-pyrrole nitrogens is 1. The highest BCUT2D eigenvalue weighted by molar-refractivity contribution is 8.06. The zero-order valence-electron chi connectivity index (χ0n) is 26.0. The van der Waals surface area contributed by atoms with Crippen molar-refractivity contribution < 1.29 is 50.7 Å². The Hall–Kier alpha value is -3.41. The van der Waals surface area contributed by atoms with Crippen LogP contribution in [0, 0.1) is 0 Å². The van der Waals surface area contributed by atoms with Crippen molar-refractivity contribution in [3.8, 4) is 11.1 Å². The number of ether oxygens (including phenoxy) is 2. The van der Waals surface area contributed by atoms with Crippen LogP contribution in [0.3, 0.4) is 0 Å². The number of phosphoric acid groups is 1. The molecule has 6 heterocycles. The molecule has 3 aromatic heterocycles. The van der Waals surface area contributed by atoms with Gasteiger partial charge in [-0.25, -0.2) is 28.5 Å². The Kier molecular flexibility index (Phi) is 10.8. The van der Waals surface area contributed by atoms with Crippen LogP contribution in [0.15, 0.2) is 58.8 Å². The molecule has 50 heavy (non-hydrogen) atoms. The van der Waals surface area contributed by atoms with E-state index in [9.17, 15) is 23.9 Å². The lowest BCUT2D eigenvalue weighted by atomic mass is 10.1. The van der Waals surface area contributed by atoms with Gasteiger partial charge in [-0.05, 0) is 5.56 Å². The summed E-state index contributed by atoms with van der Waals surface area (Å²) in [5, 5.41) is 0. The van der Waals surface area contributed by atoms with Crippen molar-refractivity contribution in [2.75, 3.05) is 18.9 Å². The van der Waals surface area contributed by atoms with Gasteiger partial charge in [-0.1, -0.05) is 42.1 Å². The van der Waals surface area contributed by atoms with Crippen LogP contribution < -0.4 is 39.1 Å². The van der Waals surface area contributed by atoms with Crippen LogP contribution in [0.2, 0.25) is 0 Å². The van der Waals surface area contributed by atoms with Gasteiger partial charge in [-0.3, -0.25) is 23.5 Å². The number of phosphoric ester groups is 1. The summed E-state index contributed by atoms with van der Waals surface area (Å²) in [6.45, 7) is -6.66. The number of hydrogen-bond acceptors (Lipinski definition) is 16. The van der Waals surface area contributed by atoms with Crippen LogP contribution in [-0.2, 0) is 43.9 Å². The number of nitrogens with zero attached hydrogens (tertiary/aromatic N) is 5. The Morgan fingerprint density at radius 3 is 2.36 bits per heavy atom. The fourth-order valence-corrected chi connectivity index (χ4v) is 7.92. The predicted molar refractivity (Wildman–Crippen MR) is 170 cm³/mol. The molecule has 3 saturated heterocycles. The summed E-state index contributed by atoms with van der Waals surface area (Å²) in [4.78, 5) is 65.9. The molecule has 4 aromatic rings. The number of nitrogens with one attached hydrogen (secondary N) is 1. The first kappa shape index (κ1) is 37.8. The van der Waals surface area contributed by atoms with Crippen molar-refractivity contribution in [2.45, 2.75) is 49.2 Å². The van der Waals surface area contributed by atoms with E-state index in [1.54, 1.807) is 30.3 Å². The molecule has 7 rings (SSSR count). The molecule has 2 unspecified atom stereocenters. The lowest BCUT2D eigenvalue weighted by molar-refractivity contribution is -0.236. The molecule has 25 heteroatoms. The van der Waals surface area contributed by atoms with Crippen LogP contribution in [0.5, 0.6) is 0 Å². The Morgan fingerprint density at radius 1 is 0.920 bits per heavy atom. The summed E-state index contributed by atoms with van der Waals surface area (Å²) in [5.74, 6) is -0.0160. The first-order valence-corrected chi connectivity index (χ1v) is 18.0. The maximum absolute atomic E-state index is 15.9. The van der Waals surface area contributed by atoms with Crippen LogP contribution in [-0.4, -0.2) is 79.0 Å². The van der Waals surface area contributed by atoms with Crippen molar-refractivity contribution in [2.24, 2.45) is 0 Å². The number of nitrogens with two attached hydrogens (primary N) is 1. The summed E-state index contributed by atoms with van der Waals surface area (Å²) >= 11 is 5.01. The fraction of sp³-hybridized carbons (Fsp3) is 0.400. The van der Waals surface area contributed by atoms with E-state index in [-0.39, 0.29) is 34.8 Å². The number of rotatable bonds is 3. The molecule has 0 saturated carbocycles. The van der Waals surface area contributed by atoms with Crippen LogP contribution in [0.1, 0.15) is 12.5 Å². The van der Waals surface area contributed by atoms with Crippen molar-refractivity contribution in [3.63, 3.8) is 0 Å². The van der Waals surface area contributed by atoms with Gasteiger partial charge in [0.15, 0.2) is 36.3 Å². The summed E-state index contributed by atoms with van der Waals surface area (Å²) in [7, 11) is -5.46. The fourth-order valence-electron chi connectivity index (χ4n) is 5.59. The van der Waals surface area contributed by atoms with Crippen LogP contribution >= 0.6 is 14.5 Å². The molecule has 0 spiro atoms. The highest BCUT2D eigenvalue weighted by Crippen LogP contribution is 2.51. The summed E-state index contributed by atoms with van der Waals surface area (Å²) in [6.07, 6.45) is -11.9. The standard InChI is InChI=1S/C25H25F2N7O11P2S.2H3N/c26-15-13-7-40-46(37,38)44-18-14(43-23(16(18)27)34-10-31-17-20(28)29-9-30-21(17)34)8-41-47(39,48)45-19(15)24(42-13)33-6-12(22(35)32-25(33)36)11-4-2-1-3-5-11;;/h1-6,9-10,13-16,18-19,23-24H,7-8H2,(H,37,38)(H,39,48)(H2,28,29,30)(H,32,35,36);2*1H3/t13-,14-,15-,16-,18-,19-,23-,24-,47?;;/m1../s1. The van der Waals surface area contributed by atoms with Gasteiger partial charge in [0, 0.05) is 6.20 Å². The third kappa shape index (κ3) is 7.05. The number of quaternary nitrogens is 2. The number of anilines is 1. The average molecular weight is 766 g/mol. The second kappa shape index (κ2) is 14.3. The van der Waals surface area contributed by atoms with Crippen LogP contribution in [0.25, 0.3) is 22.3 Å². The van der Waals surface area contributed by atoms with E-state index in [0.717, 1.165) is 28.0 Å². The number of alkyl halides is 2. The molecule has 20 nitrogen and oxygen atoms in total. The first-order valence-electron chi connectivity index (χ1n) is 14.0. The van der Waals surface area contributed by atoms with Crippen LogP contribution in [0.4, 0.5) is 14.6 Å². The SMILES string of the molecule is Nc1ncnc2c1ncn2[C@@H]1O[C@@H]2COP([O-])(=S)O[C@@H]3[C@H](F)[C@@H](COP(=O)([O-])O[C@H]2[C@H]1F)O[C@H]3n1cc(-c2ccccc2)c(=O)[nH]c1=O.[NH4+].[NH4+]. The Balaban J connectivity index is 0.00000243. The molecule has 0 amide bonds. The van der Waals surface area contributed by atoms with E-state index in [2.05, 4.69) is 19.9 Å². The van der Waals surface area contributed by atoms with Crippen molar-refractivity contribution in [1.82, 2.24) is 41.4 Å². The largest absolute Gasteiger partial charge is 0.780 e. The number of halogens is 2. The van der Waals surface area contributed by atoms with E-state index >= 15 is 8.78 Å². The number of imidazole rings is 1. The molecule has 11 N–H and O–H groups in total. The highest BCUT2D eigenvalue weighted by atomic mass is 32.5. The van der Waals surface area contributed by atoms with Gasteiger partial charge in [0.05, 0.1) is 25.1 Å². The van der Waals surface area contributed by atoms with E-state index in [1.807, 2.05) is 0 Å². The predicted octanol–water partition coefficient (Wildman–Crippen LogP) is 0.720. The molecule has 2 bridgehead atoms. The molecule has 3 aliphatic rings. The third-order valence-electron chi connectivity index (χ3n) is 7.81. The van der Waals surface area contributed by atoms with Crippen molar-refractivity contribution in [1.29, 1.82) is 0 Å². The van der Waals surface area contributed by atoms with E-state index in [4.69, 9.17) is 45.1 Å². The van der Waals surface area contributed by atoms with Gasteiger partial charge in [0.1, 0.15) is 43.0 Å². The maximum Gasteiger partial charge on any atom is 0.330 e. The second-order valence-corrected chi connectivity index (χ2v) is 14.9. The van der Waals surface area contributed by atoms with Crippen molar-refractivity contribution >= 4 is 43.3 Å². The maximum atomic E-state index is 15.9. The molecule has 3 fully saturated rings. The van der Waals surface area contributed by atoms with Gasteiger partial charge < -0.3 is 55.4 Å². The van der Waals surface area contributed by atoms with Gasteiger partial charge in [-0.15, -0.1) is 0 Å². The number of benzene rings is 1. The molecule has 3 aliphatic heterocycles. The zero-order chi connectivity index (χ0) is 34.0. The molecule has 272 valence electrons. The van der Waals surface area contributed by atoms with Gasteiger partial charge in [-0.2, -0.15) is 0 Å². The van der Waals surface area contributed by atoms with E-state index in [0.29, 0.717) is 5.56 Å². The summed E-state index contributed by atoms with van der Waals surface area (Å²) in [5.41, 5.74) is 4.50. The molecular weight excluding hydrogens is 734 g/mol. The van der Waals surface area contributed by atoms with Crippen molar-refractivity contribution in [3.05, 3.63) is 70.0 Å². The average Bonchev–Trinajstić information content (AvgIpc) is 3.70. The number of aromatic amines is 1. The minimum Gasteiger partial charge on any atom is -0.780 e. The Morgan fingerprint density at radius 2 is 1.62 bits per heavy atom. The molecular formula is C25H31F2N9O11P2S. The zero-order valence-corrected chi connectivity index (χ0v) is 28.6. The smallest absolute Gasteiger partial charge is 0.330 e. The molecule has 0 radical (unpaired) electrons. The lowest BCUT2D eigenvalue weighted by Gasteiger charge is -2.34. The topological polar surface area (TPSA) is 316 Å². The number of fused-ring (bicyclic) bond motifs is 4. The minimum absolute atomic E-state index is 0. The molecule has 10 atom stereocenters. The van der Waals surface area contributed by atoms with Gasteiger partial charge in [0.25, 0.3) is 13.4 Å². The summed E-state index contributed by atoms with van der Waals surface area (Å²) in [6, 6.07) is 8.13. The third-order valence-corrected chi connectivity index (χ3v) is 10.3. The lowest BCUT2D eigenvalue weighted by Crippen LogP contribution is -2.39. The van der Waals surface area contributed by atoms with Gasteiger partial charge >= 0.3 is 5.69 Å². The van der Waals surface area contributed by atoms with Gasteiger partial charge in [0.2, 0.25) is 0 Å².